The molecule has 2 rings (SSSR count). The van der Waals surface area contributed by atoms with Gasteiger partial charge in [0.2, 0.25) is 5.91 Å². The van der Waals surface area contributed by atoms with Gasteiger partial charge in [-0.25, -0.2) is 4.98 Å². The van der Waals surface area contributed by atoms with Crippen molar-refractivity contribution in [3.8, 4) is 0 Å². The van der Waals surface area contributed by atoms with Crippen LogP contribution < -0.4 is 5.73 Å². The zero-order chi connectivity index (χ0) is 11.4. The van der Waals surface area contributed by atoms with E-state index in [0.717, 1.165) is 5.82 Å². The monoisotopic (exact) mass is 224 g/mol. The van der Waals surface area contributed by atoms with Crippen LogP contribution in [0.4, 0.5) is 0 Å². The highest BCUT2D eigenvalue weighted by Gasteiger charge is 2.17. The molecule has 6 heteroatoms. The van der Waals surface area contributed by atoms with E-state index in [2.05, 4.69) is 4.98 Å². The van der Waals surface area contributed by atoms with Crippen LogP contribution in [0.25, 0.3) is 0 Å². The highest BCUT2D eigenvalue weighted by Crippen LogP contribution is 2.02. The summed E-state index contributed by atoms with van der Waals surface area (Å²) in [6.45, 7) is 3.26. The van der Waals surface area contributed by atoms with E-state index in [-0.39, 0.29) is 5.91 Å². The van der Waals surface area contributed by atoms with E-state index in [9.17, 15) is 4.79 Å². The predicted molar refractivity (Wildman–Crippen MR) is 57.5 cm³/mol. The number of morpholine rings is 1. The van der Waals surface area contributed by atoms with E-state index in [0.29, 0.717) is 39.4 Å². The van der Waals surface area contributed by atoms with E-state index in [4.69, 9.17) is 10.5 Å². The molecule has 16 heavy (non-hydrogen) atoms. The molecular weight excluding hydrogens is 208 g/mol. The van der Waals surface area contributed by atoms with Crippen LogP contribution in [0.1, 0.15) is 5.82 Å². The first-order chi connectivity index (χ1) is 7.81. The van der Waals surface area contributed by atoms with Crippen molar-refractivity contribution in [1.29, 1.82) is 0 Å². The molecule has 0 aliphatic carbocycles. The fourth-order valence-corrected chi connectivity index (χ4v) is 1.73. The van der Waals surface area contributed by atoms with Gasteiger partial charge in [-0.1, -0.05) is 0 Å². The topological polar surface area (TPSA) is 73.4 Å². The summed E-state index contributed by atoms with van der Waals surface area (Å²) in [5, 5.41) is 0. The minimum atomic E-state index is 0.0935. The Kier molecular flexibility index (Phi) is 3.53. The van der Waals surface area contributed by atoms with Crippen LogP contribution in [0.2, 0.25) is 0 Å². The second-order valence-electron chi connectivity index (χ2n) is 3.67. The molecule has 0 spiro atoms. The number of nitrogens with two attached hydrogens (primary N) is 1. The highest BCUT2D eigenvalue weighted by molar-refractivity contribution is 5.76. The molecule has 1 fully saturated rings. The van der Waals surface area contributed by atoms with Crippen molar-refractivity contribution in [2.75, 3.05) is 26.3 Å². The number of imidazole rings is 1. The van der Waals surface area contributed by atoms with Gasteiger partial charge in [-0.05, 0) is 0 Å². The maximum atomic E-state index is 11.9. The average molecular weight is 224 g/mol. The van der Waals surface area contributed by atoms with Crippen molar-refractivity contribution in [1.82, 2.24) is 14.5 Å². The highest BCUT2D eigenvalue weighted by atomic mass is 16.5. The fourth-order valence-electron chi connectivity index (χ4n) is 1.73. The Morgan fingerprint density at radius 2 is 2.25 bits per heavy atom. The average Bonchev–Trinajstić information content (AvgIpc) is 2.77. The number of carbonyl (C=O) groups excluding carboxylic acids is 1. The standard InChI is InChI=1S/C10H16N4O2/c11-7-9-12-1-2-14(9)8-10(15)13-3-5-16-6-4-13/h1-2H,3-8,11H2. The first-order valence-electron chi connectivity index (χ1n) is 5.37. The Morgan fingerprint density at radius 3 is 2.94 bits per heavy atom. The predicted octanol–water partition coefficient (Wildman–Crippen LogP) is -0.799. The number of nitrogens with zero attached hydrogens (tertiary/aromatic N) is 3. The molecule has 0 saturated carbocycles. The number of amides is 1. The van der Waals surface area contributed by atoms with Gasteiger partial charge >= 0.3 is 0 Å². The molecule has 0 bridgehead atoms. The Balaban J connectivity index is 1.95. The molecule has 2 heterocycles. The van der Waals surface area contributed by atoms with Crippen LogP contribution >= 0.6 is 0 Å². The lowest BCUT2D eigenvalue weighted by Gasteiger charge is -2.27. The lowest BCUT2D eigenvalue weighted by Crippen LogP contribution is -2.42. The van der Waals surface area contributed by atoms with E-state index in [1.54, 1.807) is 17.0 Å². The van der Waals surface area contributed by atoms with Crippen LogP contribution in [0.3, 0.4) is 0 Å². The summed E-state index contributed by atoms with van der Waals surface area (Å²) < 4.78 is 6.99. The van der Waals surface area contributed by atoms with E-state index in [1.807, 2.05) is 4.90 Å². The summed E-state index contributed by atoms with van der Waals surface area (Å²) in [6, 6.07) is 0. The van der Waals surface area contributed by atoms with Gasteiger partial charge in [-0.15, -0.1) is 0 Å². The van der Waals surface area contributed by atoms with Crippen LogP contribution in [-0.4, -0.2) is 46.7 Å². The molecule has 1 aliphatic rings. The number of aromatic nitrogens is 2. The minimum Gasteiger partial charge on any atom is -0.378 e. The first-order valence-corrected chi connectivity index (χ1v) is 5.37. The van der Waals surface area contributed by atoms with E-state index < -0.39 is 0 Å². The summed E-state index contributed by atoms with van der Waals surface area (Å²) in [4.78, 5) is 17.8. The van der Waals surface area contributed by atoms with Gasteiger partial charge in [-0.3, -0.25) is 4.79 Å². The van der Waals surface area contributed by atoms with Crippen molar-refractivity contribution in [2.24, 2.45) is 5.73 Å². The number of hydrogen-bond acceptors (Lipinski definition) is 4. The fraction of sp³-hybridized carbons (Fsp3) is 0.600. The molecule has 1 aromatic rings. The smallest absolute Gasteiger partial charge is 0.242 e. The maximum absolute atomic E-state index is 11.9. The van der Waals surface area contributed by atoms with Crippen molar-refractivity contribution in [3.63, 3.8) is 0 Å². The third-order valence-corrected chi connectivity index (χ3v) is 2.65. The largest absolute Gasteiger partial charge is 0.378 e. The van der Waals surface area contributed by atoms with Crippen LogP contribution in [0.15, 0.2) is 12.4 Å². The zero-order valence-electron chi connectivity index (χ0n) is 9.13. The molecule has 0 atom stereocenters. The Labute approximate surface area is 94.0 Å². The minimum absolute atomic E-state index is 0.0935. The van der Waals surface area contributed by atoms with Crippen molar-refractivity contribution in [2.45, 2.75) is 13.1 Å². The molecule has 1 amide bonds. The number of rotatable bonds is 3. The van der Waals surface area contributed by atoms with Gasteiger partial charge < -0.3 is 19.9 Å². The van der Waals surface area contributed by atoms with Gasteiger partial charge in [0, 0.05) is 25.5 Å². The molecule has 1 aliphatic heterocycles. The molecule has 6 nitrogen and oxygen atoms in total. The second kappa shape index (κ2) is 5.09. The number of carbonyl (C=O) groups is 1. The SMILES string of the molecule is NCc1nccn1CC(=O)N1CCOCC1. The van der Waals surface area contributed by atoms with Gasteiger partial charge in [-0.2, -0.15) is 0 Å². The summed E-state index contributed by atoms with van der Waals surface area (Å²) >= 11 is 0. The normalized spacial score (nSPS) is 16.4. The van der Waals surface area contributed by atoms with Crippen LogP contribution in [-0.2, 0) is 22.6 Å². The molecule has 1 aromatic heterocycles. The summed E-state index contributed by atoms with van der Waals surface area (Å²) in [5.41, 5.74) is 5.52. The molecule has 0 radical (unpaired) electrons. The van der Waals surface area contributed by atoms with Crippen LogP contribution in [0.5, 0.6) is 0 Å². The molecule has 88 valence electrons. The number of ether oxygens (including phenoxy) is 1. The van der Waals surface area contributed by atoms with Gasteiger partial charge in [0.25, 0.3) is 0 Å². The second-order valence-corrected chi connectivity index (χ2v) is 3.67. The molecule has 2 N–H and O–H groups in total. The van der Waals surface area contributed by atoms with Crippen molar-refractivity contribution < 1.29 is 9.53 Å². The molecule has 1 saturated heterocycles. The van der Waals surface area contributed by atoms with E-state index >= 15 is 0 Å². The van der Waals surface area contributed by atoms with Crippen molar-refractivity contribution >= 4 is 5.91 Å². The van der Waals surface area contributed by atoms with Gasteiger partial charge in [0.15, 0.2) is 0 Å². The lowest BCUT2D eigenvalue weighted by atomic mass is 10.4. The quantitative estimate of drug-likeness (QED) is 0.729. The Morgan fingerprint density at radius 1 is 1.50 bits per heavy atom. The first kappa shape index (κ1) is 11.1. The lowest BCUT2D eigenvalue weighted by molar-refractivity contribution is -0.135. The van der Waals surface area contributed by atoms with Crippen molar-refractivity contribution in [3.05, 3.63) is 18.2 Å². The van der Waals surface area contributed by atoms with Gasteiger partial charge in [0.1, 0.15) is 12.4 Å². The third-order valence-electron chi connectivity index (χ3n) is 2.65. The summed E-state index contributed by atoms with van der Waals surface area (Å²) in [6.07, 6.45) is 3.44. The summed E-state index contributed by atoms with van der Waals surface area (Å²) in [7, 11) is 0. The Bertz CT molecular complexity index is 357. The Hall–Kier alpha value is -1.40. The van der Waals surface area contributed by atoms with E-state index in [1.165, 1.54) is 0 Å². The maximum Gasteiger partial charge on any atom is 0.242 e. The molecule has 0 unspecified atom stereocenters. The number of hydrogen-bond donors (Lipinski definition) is 1. The third kappa shape index (κ3) is 2.40. The van der Waals surface area contributed by atoms with Crippen LogP contribution in [0, 0.1) is 0 Å². The van der Waals surface area contributed by atoms with Gasteiger partial charge in [0.05, 0.1) is 19.8 Å². The zero-order valence-corrected chi connectivity index (χ0v) is 9.13. The molecular formula is C10H16N4O2. The molecule has 0 aromatic carbocycles. The summed E-state index contributed by atoms with van der Waals surface area (Å²) in [5.74, 6) is 0.831.